The van der Waals surface area contributed by atoms with E-state index in [-0.39, 0.29) is 5.91 Å². The number of ether oxygens (including phenoxy) is 4. The Morgan fingerprint density at radius 2 is 1.72 bits per heavy atom. The van der Waals surface area contributed by atoms with Crippen molar-refractivity contribution in [1.29, 1.82) is 0 Å². The Morgan fingerprint density at radius 1 is 1.00 bits per heavy atom. The van der Waals surface area contributed by atoms with Crippen LogP contribution >= 0.6 is 24.0 Å². The van der Waals surface area contributed by atoms with Gasteiger partial charge in [0.05, 0.1) is 25.2 Å². The van der Waals surface area contributed by atoms with Gasteiger partial charge in [0.25, 0.3) is 5.91 Å². The lowest BCUT2D eigenvalue weighted by molar-refractivity contribution is -0.121. The third-order valence-electron chi connectivity index (χ3n) is 4.68. The number of methoxy groups -OCH3 is 1. The van der Waals surface area contributed by atoms with E-state index in [0.717, 1.165) is 11.3 Å². The molecule has 2 aromatic carbocycles. The van der Waals surface area contributed by atoms with Crippen LogP contribution in [0.2, 0.25) is 0 Å². The summed E-state index contributed by atoms with van der Waals surface area (Å²) < 4.78 is 23.0. The summed E-state index contributed by atoms with van der Waals surface area (Å²) >= 11 is 6.57. The van der Waals surface area contributed by atoms with Crippen LogP contribution in [-0.2, 0) is 9.53 Å². The maximum atomic E-state index is 12.4. The first-order valence-corrected chi connectivity index (χ1v) is 11.6. The highest BCUT2D eigenvalue weighted by Gasteiger charge is 2.30. The van der Waals surface area contributed by atoms with Gasteiger partial charge in [-0.25, -0.2) is 0 Å². The van der Waals surface area contributed by atoms with Gasteiger partial charge in [-0.05, 0) is 49.8 Å². The summed E-state index contributed by atoms with van der Waals surface area (Å²) in [6, 6.07) is 13.5. The predicted molar refractivity (Wildman–Crippen MR) is 132 cm³/mol. The third kappa shape index (κ3) is 6.48. The molecule has 32 heavy (non-hydrogen) atoms. The topological polar surface area (TPSA) is 57.2 Å². The molecule has 0 bridgehead atoms. The van der Waals surface area contributed by atoms with Crippen molar-refractivity contribution in [2.45, 2.75) is 13.8 Å². The largest absolute Gasteiger partial charge is 0.493 e. The van der Waals surface area contributed by atoms with Gasteiger partial charge in [-0.2, -0.15) is 0 Å². The molecule has 2 aromatic rings. The molecule has 6 nitrogen and oxygen atoms in total. The zero-order valence-corrected chi connectivity index (χ0v) is 20.1. The molecule has 0 aliphatic carbocycles. The number of amides is 1. The van der Waals surface area contributed by atoms with E-state index in [4.69, 9.17) is 31.2 Å². The molecule has 0 unspecified atom stereocenters. The number of thiocarbonyl (C=S) groups is 1. The average molecular weight is 474 g/mol. The maximum Gasteiger partial charge on any atom is 0.266 e. The predicted octanol–water partition coefficient (Wildman–Crippen LogP) is 4.70. The molecule has 0 radical (unpaired) electrons. The summed E-state index contributed by atoms with van der Waals surface area (Å²) in [6.45, 7) is 6.28. The molecule has 1 saturated heterocycles. The SMILES string of the molecule is CCN1C(=O)/C(=C/c2ccc(OCCOCCOc3ccc(C)cc3)c(OC)c2)SC1=S. The molecular weight excluding hydrogens is 446 g/mol. The molecule has 1 aliphatic heterocycles. The fraction of sp³-hybridized carbons (Fsp3) is 0.333. The van der Waals surface area contributed by atoms with Crippen LogP contribution in [0.4, 0.5) is 0 Å². The number of likely N-dealkylation sites (N-methyl/N-ethyl adjacent to an activating group) is 1. The summed E-state index contributed by atoms with van der Waals surface area (Å²) in [5.74, 6) is 1.97. The van der Waals surface area contributed by atoms with Crippen molar-refractivity contribution < 1.29 is 23.7 Å². The van der Waals surface area contributed by atoms with Crippen molar-refractivity contribution in [3.8, 4) is 17.2 Å². The molecule has 1 heterocycles. The number of carbonyl (C=O) groups is 1. The Kier molecular flexibility index (Phi) is 8.96. The van der Waals surface area contributed by atoms with E-state index >= 15 is 0 Å². The van der Waals surface area contributed by atoms with E-state index < -0.39 is 0 Å². The van der Waals surface area contributed by atoms with E-state index in [1.54, 1.807) is 12.0 Å². The molecule has 1 amide bonds. The Morgan fingerprint density at radius 3 is 2.38 bits per heavy atom. The van der Waals surface area contributed by atoms with Crippen LogP contribution < -0.4 is 14.2 Å². The van der Waals surface area contributed by atoms with E-state index in [1.807, 2.05) is 62.4 Å². The Balaban J connectivity index is 1.45. The van der Waals surface area contributed by atoms with E-state index in [0.29, 0.717) is 53.7 Å². The van der Waals surface area contributed by atoms with E-state index in [2.05, 4.69) is 0 Å². The van der Waals surface area contributed by atoms with Gasteiger partial charge in [0, 0.05) is 6.54 Å². The van der Waals surface area contributed by atoms with E-state index in [1.165, 1.54) is 17.3 Å². The number of hydrogen-bond donors (Lipinski definition) is 0. The highest BCUT2D eigenvalue weighted by molar-refractivity contribution is 8.26. The number of benzene rings is 2. The van der Waals surface area contributed by atoms with Crippen molar-refractivity contribution >= 4 is 40.3 Å². The van der Waals surface area contributed by atoms with Gasteiger partial charge in [-0.3, -0.25) is 9.69 Å². The summed E-state index contributed by atoms with van der Waals surface area (Å²) in [5, 5.41) is 0. The zero-order chi connectivity index (χ0) is 22.9. The monoisotopic (exact) mass is 473 g/mol. The van der Waals surface area contributed by atoms with Crippen LogP contribution in [0.3, 0.4) is 0 Å². The second-order valence-corrected chi connectivity index (χ2v) is 8.63. The quantitative estimate of drug-likeness (QED) is 0.266. The Hall–Kier alpha value is -2.55. The van der Waals surface area contributed by atoms with Crippen LogP contribution in [0.15, 0.2) is 47.4 Å². The maximum absolute atomic E-state index is 12.4. The normalized spacial score (nSPS) is 14.8. The van der Waals surface area contributed by atoms with Gasteiger partial charge in [0.2, 0.25) is 0 Å². The third-order valence-corrected chi connectivity index (χ3v) is 6.06. The Labute approximate surface area is 198 Å². The number of hydrogen-bond acceptors (Lipinski definition) is 7. The lowest BCUT2D eigenvalue weighted by Gasteiger charge is -2.12. The first-order valence-electron chi connectivity index (χ1n) is 10.3. The molecule has 0 atom stereocenters. The molecule has 0 saturated carbocycles. The minimum absolute atomic E-state index is 0.0645. The molecule has 8 heteroatoms. The van der Waals surface area contributed by atoms with Crippen LogP contribution in [-0.4, -0.2) is 55.2 Å². The van der Waals surface area contributed by atoms with Gasteiger partial charge < -0.3 is 18.9 Å². The molecule has 0 spiro atoms. The molecule has 3 rings (SSSR count). The zero-order valence-electron chi connectivity index (χ0n) is 18.5. The summed E-state index contributed by atoms with van der Waals surface area (Å²) in [5.41, 5.74) is 2.04. The standard InChI is InChI=1S/C24H27NO5S2/c1-4-25-23(26)22(32-24(25)31)16-18-7-10-20(21(15-18)27-3)30-14-12-28-11-13-29-19-8-5-17(2)6-9-19/h5-10,15-16H,4,11-14H2,1-3H3/b22-16-. The van der Waals surface area contributed by atoms with Crippen molar-refractivity contribution in [3.63, 3.8) is 0 Å². The number of nitrogens with zero attached hydrogens (tertiary/aromatic N) is 1. The second-order valence-electron chi connectivity index (χ2n) is 6.96. The number of thioether (sulfide) groups is 1. The molecule has 0 aromatic heterocycles. The lowest BCUT2D eigenvalue weighted by Crippen LogP contribution is -2.27. The Bertz CT molecular complexity index is 975. The first-order chi connectivity index (χ1) is 15.5. The number of carbonyl (C=O) groups excluding carboxylic acids is 1. The lowest BCUT2D eigenvalue weighted by atomic mass is 10.2. The van der Waals surface area contributed by atoms with Crippen molar-refractivity contribution in [1.82, 2.24) is 4.90 Å². The first kappa shape index (κ1) is 24.1. The number of rotatable bonds is 11. The van der Waals surface area contributed by atoms with Crippen LogP contribution in [0.25, 0.3) is 6.08 Å². The van der Waals surface area contributed by atoms with Crippen molar-refractivity contribution in [3.05, 3.63) is 58.5 Å². The minimum atomic E-state index is -0.0645. The highest BCUT2D eigenvalue weighted by atomic mass is 32.2. The minimum Gasteiger partial charge on any atom is -0.493 e. The fourth-order valence-corrected chi connectivity index (χ4v) is 4.37. The van der Waals surface area contributed by atoms with Gasteiger partial charge in [0.15, 0.2) is 11.5 Å². The molecule has 170 valence electrons. The van der Waals surface area contributed by atoms with Crippen molar-refractivity contribution in [2.75, 3.05) is 40.1 Å². The average Bonchev–Trinajstić information content (AvgIpc) is 3.06. The summed E-state index contributed by atoms with van der Waals surface area (Å²) in [7, 11) is 1.58. The van der Waals surface area contributed by atoms with Crippen LogP contribution in [0, 0.1) is 6.92 Å². The molecule has 1 aliphatic rings. The smallest absolute Gasteiger partial charge is 0.266 e. The van der Waals surface area contributed by atoms with E-state index in [9.17, 15) is 4.79 Å². The van der Waals surface area contributed by atoms with Gasteiger partial charge in [-0.15, -0.1) is 0 Å². The fourth-order valence-electron chi connectivity index (χ4n) is 2.98. The molecule has 0 N–H and O–H groups in total. The van der Waals surface area contributed by atoms with Crippen molar-refractivity contribution in [2.24, 2.45) is 0 Å². The summed E-state index contributed by atoms with van der Waals surface area (Å²) in [4.78, 5) is 14.6. The van der Waals surface area contributed by atoms with Crippen LogP contribution in [0.5, 0.6) is 17.2 Å². The second kappa shape index (κ2) is 11.9. The van der Waals surface area contributed by atoms with Gasteiger partial charge in [0.1, 0.15) is 23.3 Å². The van der Waals surface area contributed by atoms with Gasteiger partial charge >= 0.3 is 0 Å². The summed E-state index contributed by atoms with van der Waals surface area (Å²) in [6.07, 6.45) is 1.82. The highest BCUT2D eigenvalue weighted by Crippen LogP contribution is 2.34. The number of aryl methyl sites for hydroxylation is 1. The molecular formula is C24H27NO5S2. The van der Waals surface area contributed by atoms with Crippen LogP contribution in [0.1, 0.15) is 18.1 Å². The van der Waals surface area contributed by atoms with Gasteiger partial charge in [-0.1, -0.05) is 47.7 Å². The molecule has 1 fully saturated rings.